The van der Waals surface area contributed by atoms with Gasteiger partial charge in [-0.15, -0.1) is 10.2 Å². The smallest absolute Gasteiger partial charge is 0.208 e. The Labute approximate surface area is 134 Å². The normalized spacial score (nSPS) is 14.0. The summed E-state index contributed by atoms with van der Waals surface area (Å²) in [4.78, 5) is 1.97. The molecule has 4 nitrogen and oxygen atoms in total. The largest absolute Gasteiger partial charge is 0.353 e. The number of aryl methyl sites for hydroxylation is 1. The maximum Gasteiger partial charge on any atom is 0.208 e. The third-order valence-corrected chi connectivity index (χ3v) is 5.86. The lowest BCUT2D eigenvalue weighted by Gasteiger charge is -2.21. The molecule has 0 saturated heterocycles. The zero-order valence-electron chi connectivity index (χ0n) is 12.9. The fourth-order valence-electron chi connectivity index (χ4n) is 1.91. The number of hydrogen-bond donors (Lipinski definition) is 1. The highest BCUT2D eigenvalue weighted by molar-refractivity contribution is 8.01. The first-order valence-corrected chi connectivity index (χ1v) is 8.70. The second-order valence-corrected chi connectivity index (χ2v) is 7.61. The van der Waals surface area contributed by atoms with Crippen molar-refractivity contribution in [1.29, 1.82) is 0 Å². The van der Waals surface area contributed by atoms with E-state index in [1.54, 1.807) is 23.1 Å². The van der Waals surface area contributed by atoms with Crippen LogP contribution in [-0.4, -0.2) is 30.3 Å². The van der Waals surface area contributed by atoms with Crippen LogP contribution in [0.1, 0.15) is 29.7 Å². The molecule has 0 radical (unpaired) electrons. The van der Waals surface area contributed by atoms with Crippen LogP contribution in [-0.2, 0) is 0 Å². The summed E-state index contributed by atoms with van der Waals surface area (Å²) in [5.74, 6) is 0. The van der Waals surface area contributed by atoms with Gasteiger partial charge in [-0.3, -0.25) is 0 Å². The molecule has 2 rings (SSSR count). The molecule has 1 aromatic heterocycles. The minimum absolute atomic E-state index is 0.101. The van der Waals surface area contributed by atoms with Gasteiger partial charge in [0.05, 0.1) is 5.25 Å². The molecule has 2 N–H and O–H groups in total. The Balaban J connectivity index is 2.21. The van der Waals surface area contributed by atoms with E-state index in [9.17, 15) is 0 Å². The fourth-order valence-corrected chi connectivity index (χ4v) is 4.11. The van der Waals surface area contributed by atoms with Crippen LogP contribution < -0.4 is 10.6 Å². The van der Waals surface area contributed by atoms with Crippen LogP contribution in [0.15, 0.2) is 28.6 Å². The van der Waals surface area contributed by atoms with E-state index in [4.69, 9.17) is 5.73 Å². The molecule has 114 valence electrons. The Hall–Kier alpha value is -1.11. The molecule has 0 spiro atoms. The average Bonchev–Trinajstić information content (AvgIpc) is 2.94. The molecule has 0 aliphatic carbocycles. The van der Waals surface area contributed by atoms with E-state index >= 15 is 0 Å². The molecule has 0 amide bonds. The number of nitrogens with zero attached hydrogens (tertiary/aromatic N) is 3. The molecular formula is C15H22N4S2. The molecule has 0 saturated carbocycles. The molecule has 6 heteroatoms. The topological polar surface area (TPSA) is 55.0 Å². The van der Waals surface area contributed by atoms with Crippen molar-refractivity contribution in [2.75, 3.05) is 19.0 Å². The number of nitrogens with two attached hydrogens (primary N) is 1. The maximum absolute atomic E-state index is 6.33. The summed E-state index contributed by atoms with van der Waals surface area (Å²) >= 11 is 3.32. The second-order valence-electron chi connectivity index (χ2n) is 5.27. The van der Waals surface area contributed by atoms with Crippen LogP contribution in [0.25, 0.3) is 0 Å². The van der Waals surface area contributed by atoms with E-state index in [2.05, 4.69) is 48.3 Å². The molecule has 1 heterocycles. The van der Waals surface area contributed by atoms with Crippen LogP contribution in [0, 0.1) is 6.92 Å². The summed E-state index contributed by atoms with van der Waals surface area (Å²) in [5.41, 5.74) is 8.84. The molecule has 0 aliphatic rings. The summed E-state index contributed by atoms with van der Waals surface area (Å²) in [6, 6.07) is 8.70. The van der Waals surface area contributed by atoms with Crippen LogP contribution in [0.5, 0.6) is 0 Å². The number of rotatable bonds is 6. The minimum atomic E-state index is 0.101. The van der Waals surface area contributed by atoms with Crippen molar-refractivity contribution < 1.29 is 0 Å². The van der Waals surface area contributed by atoms with Crippen molar-refractivity contribution >= 4 is 28.2 Å². The van der Waals surface area contributed by atoms with Gasteiger partial charge >= 0.3 is 0 Å². The van der Waals surface area contributed by atoms with Gasteiger partial charge in [-0.05, 0) is 18.9 Å². The summed E-state index contributed by atoms with van der Waals surface area (Å²) < 4.78 is 0.966. The zero-order valence-corrected chi connectivity index (χ0v) is 14.5. The molecule has 0 fully saturated rings. The molecular weight excluding hydrogens is 300 g/mol. The zero-order chi connectivity index (χ0) is 15.4. The summed E-state index contributed by atoms with van der Waals surface area (Å²) in [6.45, 7) is 4.22. The summed E-state index contributed by atoms with van der Waals surface area (Å²) in [7, 11) is 3.95. The lowest BCUT2D eigenvalue weighted by molar-refractivity contribution is 0.634. The molecule has 0 bridgehead atoms. The Bertz CT molecular complexity index is 565. The lowest BCUT2D eigenvalue weighted by Crippen LogP contribution is -2.25. The van der Waals surface area contributed by atoms with Crippen molar-refractivity contribution in [3.8, 4) is 0 Å². The molecule has 2 unspecified atom stereocenters. The van der Waals surface area contributed by atoms with Crippen LogP contribution in [0.4, 0.5) is 5.13 Å². The van der Waals surface area contributed by atoms with E-state index in [0.717, 1.165) is 15.9 Å². The second kappa shape index (κ2) is 7.24. The number of aromatic nitrogens is 2. The summed E-state index contributed by atoms with van der Waals surface area (Å²) in [6.07, 6.45) is 0.935. The summed E-state index contributed by atoms with van der Waals surface area (Å²) in [5, 5.41) is 9.59. The Morgan fingerprint density at radius 3 is 2.43 bits per heavy atom. The Kier molecular flexibility index (Phi) is 5.61. The van der Waals surface area contributed by atoms with E-state index in [1.165, 1.54) is 11.1 Å². The van der Waals surface area contributed by atoms with Crippen molar-refractivity contribution in [2.45, 2.75) is 35.9 Å². The van der Waals surface area contributed by atoms with Gasteiger partial charge in [-0.25, -0.2) is 0 Å². The van der Waals surface area contributed by atoms with Crippen LogP contribution >= 0.6 is 23.1 Å². The van der Waals surface area contributed by atoms with Gasteiger partial charge in [0.15, 0.2) is 4.34 Å². The first-order chi connectivity index (χ1) is 10.0. The van der Waals surface area contributed by atoms with Gasteiger partial charge in [0.25, 0.3) is 0 Å². The van der Waals surface area contributed by atoms with Crippen molar-refractivity contribution in [3.05, 3.63) is 35.4 Å². The predicted octanol–water partition coefficient (Wildman–Crippen LogP) is 3.48. The number of thioether (sulfide) groups is 1. The molecule has 1 aromatic carbocycles. The monoisotopic (exact) mass is 322 g/mol. The Morgan fingerprint density at radius 1 is 1.24 bits per heavy atom. The molecule has 0 aliphatic heterocycles. The number of benzene rings is 1. The molecule has 21 heavy (non-hydrogen) atoms. The predicted molar refractivity (Wildman–Crippen MR) is 92.3 cm³/mol. The van der Waals surface area contributed by atoms with Gasteiger partial charge in [0.1, 0.15) is 0 Å². The van der Waals surface area contributed by atoms with Crippen LogP contribution in [0.2, 0.25) is 0 Å². The molecule has 2 atom stereocenters. The third-order valence-electron chi connectivity index (χ3n) is 3.27. The first kappa shape index (κ1) is 16.3. The van der Waals surface area contributed by atoms with Gasteiger partial charge in [-0.1, -0.05) is 59.9 Å². The van der Waals surface area contributed by atoms with Crippen LogP contribution in [0.3, 0.4) is 0 Å². The number of hydrogen-bond acceptors (Lipinski definition) is 6. The highest BCUT2D eigenvalue weighted by Gasteiger charge is 2.22. The van der Waals surface area contributed by atoms with Crippen molar-refractivity contribution in [1.82, 2.24) is 10.2 Å². The van der Waals surface area contributed by atoms with Gasteiger partial charge in [0, 0.05) is 20.1 Å². The third kappa shape index (κ3) is 4.18. The van der Waals surface area contributed by atoms with E-state index < -0.39 is 0 Å². The standard InChI is InChI=1S/C15H22N4S2/c1-5-12(16)13(11-8-6-10(2)7-9-11)20-15-18-17-14(21-15)19(3)4/h6-9,12-13H,5,16H2,1-4H3. The first-order valence-electron chi connectivity index (χ1n) is 7.01. The van der Waals surface area contributed by atoms with Crippen molar-refractivity contribution in [3.63, 3.8) is 0 Å². The average molecular weight is 323 g/mol. The Morgan fingerprint density at radius 2 is 1.90 bits per heavy atom. The van der Waals surface area contributed by atoms with Gasteiger partial charge in [0.2, 0.25) is 5.13 Å². The van der Waals surface area contributed by atoms with E-state index in [-0.39, 0.29) is 11.3 Å². The number of anilines is 1. The highest BCUT2D eigenvalue weighted by Crippen LogP contribution is 2.40. The van der Waals surface area contributed by atoms with Gasteiger partial charge in [-0.2, -0.15) is 0 Å². The van der Waals surface area contributed by atoms with Gasteiger partial charge < -0.3 is 10.6 Å². The lowest BCUT2D eigenvalue weighted by atomic mass is 10.0. The van der Waals surface area contributed by atoms with E-state index in [1.807, 2.05) is 19.0 Å². The highest BCUT2D eigenvalue weighted by atomic mass is 32.2. The quantitative estimate of drug-likeness (QED) is 0.825. The SMILES string of the molecule is CCC(N)C(Sc1nnc(N(C)C)s1)c1ccc(C)cc1. The molecule has 2 aromatic rings. The van der Waals surface area contributed by atoms with Crippen molar-refractivity contribution in [2.24, 2.45) is 5.73 Å². The maximum atomic E-state index is 6.33. The fraction of sp³-hybridized carbons (Fsp3) is 0.467. The minimum Gasteiger partial charge on any atom is -0.353 e. The van der Waals surface area contributed by atoms with E-state index in [0.29, 0.717) is 0 Å².